The van der Waals surface area contributed by atoms with Crippen molar-refractivity contribution in [2.45, 2.75) is 44.3 Å². The monoisotopic (exact) mass is 318 g/mol. The summed E-state index contributed by atoms with van der Waals surface area (Å²) in [5.41, 5.74) is 11.6. The number of benzene rings is 1. The molecule has 2 aliphatic heterocycles. The number of carbonyl (C=O) groups is 2. The summed E-state index contributed by atoms with van der Waals surface area (Å²) in [6, 6.07) is 10.1. The first-order valence-corrected chi connectivity index (χ1v) is 8.18. The molecule has 6 nitrogen and oxygen atoms in total. The van der Waals surface area contributed by atoms with Crippen molar-refractivity contribution in [2.75, 3.05) is 13.1 Å². The maximum atomic E-state index is 11.2. The van der Waals surface area contributed by atoms with E-state index in [4.69, 9.17) is 11.5 Å². The van der Waals surface area contributed by atoms with E-state index in [2.05, 4.69) is 22.3 Å². The predicted octanol–water partition coefficient (Wildman–Crippen LogP) is 0.360. The van der Waals surface area contributed by atoms with Gasteiger partial charge in [-0.15, -0.1) is 0 Å². The molecule has 2 amide bonds. The number of carbonyl (C=O) groups excluding carboxylic acids is 2. The molecule has 126 valence electrons. The van der Waals surface area contributed by atoms with E-state index in [1.165, 1.54) is 5.56 Å². The fourth-order valence-electron chi connectivity index (χ4n) is 3.08. The minimum Gasteiger partial charge on any atom is -0.368 e. The fourth-order valence-corrected chi connectivity index (χ4v) is 3.08. The van der Waals surface area contributed by atoms with Crippen molar-refractivity contribution in [1.29, 1.82) is 0 Å². The first-order valence-electron chi connectivity index (χ1n) is 8.18. The van der Waals surface area contributed by atoms with Crippen LogP contribution in [0.2, 0.25) is 0 Å². The third-order valence-corrected chi connectivity index (χ3v) is 4.32. The molecular formula is C17H26N4O2. The highest BCUT2D eigenvalue weighted by molar-refractivity contribution is 5.80. The molecule has 23 heavy (non-hydrogen) atoms. The maximum absolute atomic E-state index is 11.2. The van der Waals surface area contributed by atoms with E-state index in [9.17, 15) is 9.59 Å². The van der Waals surface area contributed by atoms with Gasteiger partial charge in [0, 0.05) is 6.54 Å². The molecule has 1 aromatic carbocycles. The highest BCUT2D eigenvalue weighted by atomic mass is 16.2. The smallest absolute Gasteiger partial charge is 0.234 e. The van der Waals surface area contributed by atoms with Gasteiger partial charge in [-0.1, -0.05) is 30.3 Å². The van der Waals surface area contributed by atoms with Crippen molar-refractivity contribution < 1.29 is 9.59 Å². The lowest BCUT2D eigenvalue weighted by molar-refractivity contribution is -0.122. The second-order valence-electron chi connectivity index (χ2n) is 6.07. The number of rotatable bonds is 4. The summed E-state index contributed by atoms with van der Waals surface area (Å²) < 4.78 is 0. The van der Waals surface area contributed by atoms with Crippen molar-refractivity contribution in [3.05, 3.63) is 35.9 Å². The summed E-state index contributed by atoms with van der Waals surface area (Å²) in [6.07, 6.45) is 3.96. The molecule has 2 fully saturated rings. The lowest BCUT2D eigenvalue weighted by Gasteiger charge is -2.21. The van der Waals surface area contributed by atoms with Gasteiger partial charge in [0.1, 0.15) is 0 Å². The topological polar surface area (TPSA) is 101 Å². The van der Waals surface area contributed by atoms with Gasteiger partial charge in [-0.25, -0.2) is 0 Å². The summed E-state index contributed by atoms with van der Waals surface area (Å²) >= 11 is 0. The number of nitrogens with one attached hydrogen (secondary N) is 1. The number of hydrogen-bond acceptors (Lipinski definition) is 4. The Morgan fingerprint density at radius 1 is 1.09 bits per heavy atom. The van der Waals surface area contributed by atoms with Crippen LogP contribution in [0.5, 0.6) is 0 Å². The van der Waals surface area contributed by atoms with Gasteiger partial charge in [0.05, 0.1) is 12.1 Å². The third-order valence-electron chi connectivity index (χ3n) is 4.32. The van der Waals surface area contributed by atoms with E-state index in [1.54, 1.807) is 0 Å². The van der Waals surface area contributed by atoms with Gasteiger partial charge in [-0.05, 0) is 44.3 Å². The fraction of sp³-hybridized carbons (Fsp3) is 0.529. The zero-order chi connectivity index (χ0) is 16.7. The van der Waals surface area contributed by atoms with Gasteiger partial charge >= 0.3 is 0 Å². The number of primary amides is 2. The van der Waals surface area contributed by atoms with Crippen LogP contribution in [0.25, 0.3) is 0 Å². The summed E-state index contributed by atoms with van der Waals surface area (Å²) in [5, 5.41) is 2.98. The zero-order valence-corrected chi connectivity index (χ0v) is 13.4. The highest BCUT2D eigenvalue weighted by Crippen LogP contribution is 2.19. The molecule has 0 unspecified atom stereocenters. The molecule has 2 saturated heterocycles. The minimum absolute atomic E-state index is 0.0463. The Morgan fingerprint density at radius 3 is 2.35 bits per heavy atom. The molecule has 2 heterocycles. The van der Waals surface area contributed by atoms with Crippen LogP contribution in [0.15, 0.2) is 30.3 Å². The molecule has 5 N–H and O–H groups in total. The summed E-state index contributed by atoms with van der Waals surface area (Å²) in [6.45, 7) is 2.74. The van der Waals surface area contributed by atoms with Crippen LogP contribution in [0.4, 0.5) is 0 Å². The Morgan fingerprint density at radius 2 is 1.83 bits per heavy atom. The number of nitrogens with zero attached hydrogens (tertiary/aromatic N) is 1. The second kappa shape index (κ2) is 8.64. The second-order valence-corrected chi connectivity index (χ2v) is 6.07. The number of hydrogen-bond donors (Lipinski definition) is 3. The highest BCUT2D eigenvalue weighted by Gasteiger charge is 2.28. The van der Waals surface area contributed by atoms with Crippen LogP contribution in [0, 0.1) is 0 Å². The molecule has 0 spiro atoms. The minimum atomic E-state index is -0.220. The Kier molecular flexibility index (Phi) is 6.55. The van der Waals surface area contributed by atoms with Crippen LogP contribution in [-0.4, -0.2) is 41.9 Å². The van der Waals surface area contributed by atoms with Crippen LogP contribution in [0.3, 0.4) is 0 Å². The van der Waals surface area contributed by atoms with Gasteiger partial charge in [0.25, 0.3) is 0 Å². The van der Waals surface area contributed by atoms with Crippen LogP contribution >= 0.6 is 0 Å². The van der Waals surface area contributed by atoms with Crippen molar-refractivity contribution in [3.8, 4) is 0 Å². The van der Waals surface area contributed by atoms with Crippen LogP contribution < -0.4 is 16.8 Å². The Balaban J connectivity index is 0.000000203. The zero-order valence-electron chi connectivity index (χ0n) is 13.4. The lowest BCUT2D eigenvalue weighted by atomic mass is 10.2. The Bertz CT molecular complexity index is 515. The predicted molar refractivity (Wildman–Crippen MR) is 89.3 cm³/mol. The van der Waals surface area contributed by atoms with Gasteiger partial charge in [-0.2, -0.15) is 0 Å². The molecule has 0 saturated carbocycles. The van der Waals surface area contributed by atoms with E-state index >= 15 is 0 Å². The molecule has 0 bridgehead atoms. The molecule has 1 aromatic rings. The summed E-state index contributed by atoms with van der Waals surface area (Å²) in [4.78, 5) is 23.7. The van der Waals surface area contributed by atoms with Gasteiger partial charge in [0.2, 0.25) is 11.8 Å². The van der Waals surface area contributed by atoms with Gasteiger partial charge in [-0.3, -0.25) is 14.5 Å². The van der Waals surface area contributed by atoms with E-state index in [1.807, 2.05) is 18.2 Å². The Hall–Kier alpha value is -1.92. The van der Waals surface area contributed by atoms with E-state index < -0.39 is 0 Å². The van der Waals surface area contributed by atoms with Crippen molar-refractivity contribution in [1.82, 2.24) is 10.2 Å². The number of amides is 2. The molecule has 0 aromatic heterocycles. The molecule has 3 rings (SSSR count). The number of likely N-dealkylation sites (tertiary alicyclic amines) is 1. The van der Waals surface area contributed by atoms with E-state index in [-0.39, 0.29) is 23.9 Å². The molecule has 0 radical (unpaired) electrons. The average Bonchev–Trinajstić information content (AvgIpc) is 3.20. The van der Waals surface area contributed by atoms with Crippen molar-refractivity contribution in [2.24, 2.45) is 11.5 Å². The SMILES string of the molecule is NC(=O)[C@@H]1CCCN1.NC(=O)[C@@H]1CCCN1Cc1ccccc1. The Labute approximate surface area is 137 Å². The number of nitrogens with two attached hydrogens (primary N) is 2. The summed E-state index contributed by atoms with van der Waals surface area (Å²) in [5.74, 6) is -0.411. The first kappa shape index (κ1) is 17.4. The lowest BCUT2D eigenvalue weighted by Crippen LogP contribution is -2.39. The molecule has 6 heteroatoms. The normalized spacial score (nSPS) is 24.0. The summed E-state index contributed by atoms with van der Waals surface area (Å²) in [7, 11) is 0. The first-order chi connectivity index (χ1) is 11.1. The maximum Gasteiger partial charge on any atom is 0.234 e. The standard InChI is InChI=1S/C12H16N2O.C5H10N2O/c13-12(15)11-7-4-8-14(11)9-10-5-2-1-3-6-10;6-5(8)4-2-1-3-7-4/h1-3,5-6,11H,4,7-9H2,(H2,13,15);4,7H,1-3H2,(H2,6,8)/t11-;4-/m00/s1. The third kappa shape index (κ3) is 5.33. The van der Waals surface area contributed by atoms with Crippen molar-refractivity contribution in [3.63, 3.8) is 0 Å². The van der Waals surface area contributed by atoms with Crippen molar-refractivity contribution >= 4 is 11.8 Å². The average molecular weight is 318 g/mol. The molecule has 0 aliphatic carbocycles. The van der Waals surface area contributed by atoms with E-state index in [0.717, 1.165) is 45.3 Å². The van der Waals surface area contributed by atoms with Crippen LogP contribution in [0.1, 0.15) is 31.2 Å². The van der Waals surface area contributed by atoms with Gasteiger partial charge < -0.3 is 16.8 Å². The molecule has 2 aliphatic rings. The largest absolute Gasteiger partial charge is 0.368 e. The molecular weight excluding hydrogens is 292 g/mol. The quantitative estimate of drug-likeness (QED) is 0.746. The van der Waals surface area contributed by atoms with Crippen LogP contribution in [-0.2, 0) is 16.1 Å². The van der Waals surface area contributed by atoms with E-state index in [0.29, 0.717) is 0 Å². The molecule has 2 atom stereocenters. The van der Waals surface area contributed by atoms with Gasteiger partial charge in [0.15, 0.2) is 0 Å².